The molecule has 4 rings (SSSR count). The van der Waals surface area contributed by atoms with Crippen molar-refractivity contribution < 1.29 is 13.2 Å². The van der Waals surface area contributed by atoms with Crippen LogP contribution in [0.5, 0.6) is 5.75 Å². The molecular weight excluding hydrogens is 304 g/mol. The number of sulfonamides is 1. The number of aromatic nitrogens is 3. The monoisotopic (exact) mass is 320 g/mol. The maximum atomic E-state index is 12.6. The molecule has 0 aliphatic carbocycles. The predicted octanol–water partition coefficient (Wildman–Crippen LogP) is 1.03. The predicted molar refractivity (Wildman–Crippen MR) is 78.0 cm³/mol. The molecule has 0 spiro atoms. The van der Waals surface area contributed by atoms with Crippen molar-refractivity contribution in [3.63, 3.8) is 0 Å². The van der Waals surface area contributed by atoms with Crippen LogP contribution in [-0.2, 0) is 23.0 Å². The van der Waals surface area contributed by atoms with Crippen molar-refractivity contribution >= 4 is 10.0 Å². The Hall–Kier alpha value is -1.93. The zero-order chi connectivity index (χ0) is 15.2. The van der Waals surface area contributed by atoms with Gasteiger partial charge in [0.25, 0.3) is 0 Å². The summed E-state index contributed by atoms with van der Waals surface area (Å²) in [5.41, 5.74) is 0.940. The van der Waals surface area contributed by atoms with Gasteiger partial charge in [0.2, 0.25) is 10.0 Å². The Morgan fingerprint density at radius 2 is 2.27 bits per heavy atom. The van der Waals surface area contributed by atoms with Crippen LogP contribution in [0.25, 0.3) is 0 Å². The van der Waals surface area contributed by atoms with E-state index in [1.54, 1.807) is 22.9 Å². The lowest BCUT2D eigenvalue weighted by Gasteiger charge is -2.23. The van der Waals surface area contributed by atoms with Gasteiger partial charge in [0.15, 0.2) is 0 Å². The zero-order valence-electron chi connectivity index (χ0n) is 11.9. The molecule has 2 aliphatic heterocycles. The highest BCUT2D eigenvalue weighted by Crippen LogP contribution is 2.29. The summed E-state index contributed by atoms with van der Waals surface area (Å²) in [6.45, 7) is 1.39. The molecule has 0 radical (unpaired) electrons. The summed E-state index contributed by atoms with van der Waals surface area (Å²) in [7, 11) is -3.59. The molecule has 1 aromatic heterocycles. The van der Waals surface area contributed by atoms with Gasteiger partial charge >= 0.3 is 0 Å². The van der Waals surface area contributed by atoms with Gasteiger partial charge in [-0.3, -0.25) is 0 Å². The van der Waals surface area contributed by atoms with Crippen LogP contribution in [0.15, 0.2) is 29.4 Å². The molecule has 8 heteroatoms. The van der Waals surface area contributed by atoms with Gasteiger partial charge in [-0.05, 0) is 36.6 Å². The normalized spacial score (nSPS) is 20.3. The molecule has 22 heavy (non-hydrogen) atoms. The molecule has 1 aromatic carbocycles. The van der Waals surface area contributed by atoms with Crippen molar-refractivity contribution in [1.29, 1.82) is 0 Å². The molecule has 0 unspecified atom stereocenters. The van der Waals surface area contributed by atoms with E-state index in [2.05, 4.69) is 14.8 Å². The molecule has 7 nitrogen and oxygen atoms in total. The average molecular weight is 320 g/mol. The fourth-order valence-corrected chi connectivity index (χ4v) is 4.27. The number of aryl methyl sites for hydroxylation is 1. The maximum absolute atomic E-state index is 12.6. The third kappa shape index (κ3) is 2.28. The first-order valence-corrected chi connectivity index (χ1v) is 8.77. The molecular formula is C14H16N4O3S. The topological polar surface area (TPSA) is 86.1 Å². The van der Waals surface area contributed by atoms with Crippen LogP contribution < -0.4 is 9.46 Å². The van der Waals surface area contributed by atoms with Crippen LogP contribution in [0.1, 0.15) is 30.3 Å². The third-order valence-electron chi connectivity index (χ3n) is 4.09. The Labute approximate surface area is 128 Å². The molecule has 2 aliphatic rings. The van der Waals surface area contributed by atoms with Crippen LogP contribution in [-0.4, -0.2) is 29.8 Å². The summed E-state index contributed by atoms with van der Waals surface area (Å²) in [6.07, 6.45) is 3.82. The lowest BCUT2D eigenvalue weighted by atomic mass is 10.1. The van der Waals surface area contributed by atoms with Crippen LogP contribution >= 0.6 is 0 Å². The molecule has 0 saturated carbocycles. The third-order valence-corrected chi connectivity index (χ3v) is 5.56. The van der Waals surface area contributed by atoms with Crippen LogP contribution in [0.4, 0.5) is 0 Å². The van der Waals surface area contributed by atoms with Gasteiger partial charge in [0.05, 0.1) is 17.5 Å². The number of ether oxygens (including phenoxy) is 1. The summed E-state index contributed by atoms with van der Waals surface area (Å²) in [5.74, 6) is 1.45. The van der Waals surface area contributed by atoms with E-state index in [0.717, 1.165) is 37.1 Å². The number of hydrogen-bond acceptors (Lipinski definition) is 5. The fourth-order valence-electron chi connectivity index (χ4n) is 2.99. The maximum Gasteiger partial charge on any atom is 0.241 e. The van der Waals surface area contributed by atoms with E-state index in [4.69, 9.17) is 4.74 Å². The molecule has 0 fully saturated rings. The van der Waals surface area contributed by atoms with Crippen molar-refractivity contribution in [2.75, 3.05) is 6.61 Å². The van der Waals surface area contributed by atoms with E-state index in [9.17, 15) is 8.42 Å². The van der Waals surface area contributed by atoms with Gasteiger partial charge in [-0.1, -0.05) is 0 Å². The Balaban J connectivity index is 1.63. The van der Waals surface area contributed by atoms with Crippen molar-refractivity contribution in [3.8, 4) is 5.75 Å². The second kappa shape index (κ2) is 5.06. The van der Waals surface area contributed by atoms with Gasteiger partial charge in [0.1, 0.15) is 17.9 Å². The van der Waals surface area contributed by atoms with Crippen molar-refractivity contribution in [2.24, 2.45) is 0 Å². The van der Waals surface area contributed by atoms with E-state index >= 15 is 0 Å². The highest BCUT2D eigenvalue weighted by molar-refractivity contribution is 7.89. The molecule has 0 bridgehead atoms. The smallest absolute Gasteiger partial charge is 0.241 e. The van der Waals surface area contributed by atoms with Gasteiger partial charge < -0.3 is 4.74 Å². The van der Waals surface area contributed by atoms with E-state index in [0.29, 0.717) is 12.4 Å². The SMILES string of the molecule is O=S(=O)(N[C@@H]1CCCn2ncnc21)c1ccc2c(c1)CCO2. The highest BCUT2D eigenvalue weighted by atomic mass is 32.2. The number of nitrogens with one attached hydrogen (secondary N) is 1. The summed E-state index contributed by atoms with van der Waals surface area (Å²) in [5, 5.41) is 4.11. The van der Waals surface area contributed by atoms with E-state index in [1.807, 2.05) is 0 Å². The highest BCUT2D eigenvalue weighted by Gasteiger charge is 2.28. The van der Waals surface area contributed by atoms with Crippen molar-refractivity contribution in [3.05, 3.63) is 35.9 Å². The lowest BCUT2D eigenvalue weighted by Crippen LogP contribution is -2.33. The van der Waals surface area contributed by atoms with Crippen LogP contribution in [0.3, 0.4) is 0 Å². The van der Waals surface area contributed by atoms with Gasteiger partial charge in [-0.15, -0.1) is 0 Å². The first-order chi connectivity index (χ1) is 10.6. The number of hydrogen-bond donors (Lipinski definition) is 1. The fraction of sp³-hybridized carbons (Fsp3) is 0.429. The second-order valence-electron chi connectivity index (χ2n) is 5.53. The van der Waals surface area contributed by atoms with Gasteiger partial charge in [-0.2, -0.15) is 5.10 Å². The van der Waals surface area contributed by atoms with Crippen molar-refractivity contribution in [1.82, 2.24) is 19.5 Å². The Morgan fingerprint density at radius 3 is 3.18 bits per heavy atom. The number of nitrogens with zero attached hydrogens (tertiary/aromatic N) is 3. The average Bonchev–Trinajstić information content (AvgIpc) is 3.15. The van der Waals surface area contributed by atoms with Crippen molar-refractivity contribution in [2.45, 2.75) is 36.7 Å². The number of fused-ring (bicyclic) bond motifs is 2. The molecule has 116 valence electrons. The van der Waals surface area contributed by atoms with E-state index in [1.165, 1.54) is 6.33 Å². The Kier molecular flexibility index (Phi) is 3.16. The minimum absolute atomic E-state index is 0.272. The van der Waals surface area contributed by atoms with Crippen LogP contribution in [0, 0.1) is 0 Å². The van der Waals surface area contributed by atoms with E-state index < -0.39 is 10.0 Å². The first kappa shape index (κ1) is 13.7. The minimum Gasteiger partial charge on any atom is -0.493 e. The van der Waals surface area contributed by atoms with E-state index in [-0.39, 0.29) is 10.9 Å². The standard InChI is InChI=1S/C14H16N4O3S/c19-22(20,11-3-4-13-10(8-11)5-7-21-13)17-12-2-1-6-18-14(12)15-9-16-18/h3-4,8-9,12,17H,1-2,5-7H2/t12-/m1/s1. The minimum atomic E-state index is -3.59. The van der Waals surface area contributed by atoms with Crippen LogP contribution in [0.2, 0.25) is 0 Å². The molecule has 0 amide bonds. The van der Waals surface area contributed by atoms with Gasteiger partial charge in [0, 0.05) is 13.0 Å². The first-order valence-electron chi connectivity index (χ1n) is 7.29. The largest absolute Gasteiger partial charge is 0.493 e. The quantitative estimate of drug-likeness (QED) is 0.913. The summed E-state index contributed by atoms with van der Waals surface area (Å²) in [6, 6.07) is 4.67. The number of benzene rings is 1. The zero-order valence-corrected chi connectivity index (χ0v) is 12.7. The molecule has 1 N–H and O–H groups in total. The summed E-state index contributed by atoms with van der Waals surface area (Å²) < 4.78 is 35.2. The Morgan fingerprint density at radius 1 is 1.36 bits per heavy atom. The summed E-state index contributed by atoms with van der Waals surface area (Å²) in [4.78, 5) is 4.45. The Bertz CT molecular complexity index is 815. The molecule has 1 atom stereocenters. The molecule has 0 saturated heterocycles. The second-order valence-corrected chi connectivity index (χ2v) is 7.24. The molecule has 3 heterocycles. The number of rotatable bonds is 3. The van der Waals surface area contributed by atoms with Gasteiger partial charge in [-0.25, -0.2) is 22.8 Å². The lowest BCUT2D eigenvalue weighted by molar-refractivity contribution is 0.356. The molecule has 2 aromatic rings. The summed E-state index contributed by atoms with van der Waals surface area (Å²) >= 11 is 0.